The number of nitrogens with zero attached hydrogens (tertiary/aromatic N) is 1. The number of hydrogen-bond acceptors (Lipinski definition) is 5. The number of fused-ring (bicyclic) bond motifs is 1. The molecule has 2 aromatic carbocycles. The molecule has 0 bridgehead atoms. The van der Waals surface area contributed by atoms with Gasteiger partial charge in [0.05, 0.1) is 17.9 Å². The van der Waals surface area contributed by atoms with Gasteiger partial charge in [0.1, 0.15) is 10.6 Å². The summed E-state index contributed by atoms with van der Waals surface area (Å²) in [5.41, 5.74) is 3.28. The standard InChI is InChI=1S/C21H26N2O4S/c1-14(2)28(25,26)19-10-6-8-17(20(19)27-4)21(24)22-18-9-5-7-15-13-23(3)12-11-16(15)18/h5-10,14H,11-13H2,1-4H3,(H,22,24). The maximum absolute atomic E-state index is 13.0. The van der Waals surface area contributed by atoms with Crippen LogP contribution < -0.4 is 10.1 Å². The van der Waals surface area contributed by atoms with Crippen LogP contribution in [-0.4, -0.2) is 45.2 Å². The summed E-state index contributed by atoms with van der Waals surface area (Å²) in [4.78, 5) is 15.3. The molecule has 0 saturated carbocycles. The van der Waals surface area contributed by atoms with Gasteiger partial charge in [-0.2, -0.15) is 0 Å². The Morgan fingerprint density at radius 3 is 2.57 bits per heavy atom. The quantitative estimate of drug-likeness (QED) is 0.832. The van der Waals surface area contributed by atoms with Crippen molar-refractivity contribution < 1.29 is 17.9 Å². The molecular formula is C21H26N2O4S. The first-order valence-corrected chi connectivity index (χ1v) is 10.8. The van der Waals surface area contributed by atoms with E-state index < -0.39 is 15.1 Å². The van der Waals surface area contributed by atoms with Crippen molar-refractivity contribution >= 4 is 21.4 Å². The average molecular weight is 403 g/mol. The van der Waals surface area contributed by atoms with Gasteiger partial charge in [0, 0.05) is 18.8 Å². The average Bonchev–Trinajstić information content (AvgIpc) is 2.67. The lowest BCUT2D eigenvalue weighted by Crippen LogP contribution is -2.27. The summed E-state index contributed by atoms with van der Waals surface area (Å²) in [7, 11) is -0.130. The van der Waals surface area contributed by atoms with Crippen LogP contribution in [0, 0.1) is 0 Å². The zero-order chi connectivity index (χ0) is 20.5. The number of ether oxygens (including phenoxy) is 1. The van der Waals surface area contributed by atoms with Crippen molar-refractivity contribution in [3.63, 3.8) is 0 Å². The Morgan fingerprint density at radius 2 is 1.89 bits per heavy atom. The molecule has 0 saturated heterocycles. The molecule has 0 aromatic heterocycles. The zero-order valence-electron chi connectivity index (χ0n) is 16.7. The minimum atomic E-state index is -3.58. The number of anilines is 1. The molecule has 6 nitrogen and oxygen atoms in total. The molecule has 2 aromatic rings. The van der Waals surface area contributed by atoms with Crippen molar-refractivity contribution in [2.24, 2.45) is 0 Å². The summed E-state index contributed by atoms with van der Waals surface area (Å²) in [6.07, 6.45) is 0.848. The van der Waals surface area contributed by atoms with E-state index in [9.17, 15) is 13.2 Å². The van der Waals surface area contributed by atoms with Crippen LogP contribution in [0.1, 0.15) is 35.3 Å². The summed E-state index contributed by atoms with van der Waals surface area (Å²) in [6, 6.07) is 10.5. The molecule has 28 heavy (non-hydrogen) atoms. The number of rotatable bonds is 5. The smallest absolute Gasteiger partial charge is 0.259 e. The van der Waals surface area contributed by atoms with E-state index in [0.717, 1.165) is 30.8 Å². The van der Waals surface area contributed by atoms with Crippen LogP contribution in [0.4, 0.5) is 5.69 Å². The monoisotopic (exact) mass is 402 g/mol. The highest BCUT2D eigenvalue weighted by molar-refractivity contribution is 7.92. The van der Waals surface area contributed by atoms with Crippen LogP contribution in [0.2, 0.25) is 0 Å². The number of methoxy groups -OCH3 is 1. The Balaban J connectivity index is 1.98. The van der Waals surface area contributed by atoms with Gasteiger partial charge in [-0.3, -0.25) is 4.79 Å². The maximum Gasteiger partial charge on any atom is 0.259 e. The van der Waals surface area contributed by atoms with E-state index in [1.165, 1.54) is 18.7 Å². The van der Waals surface area contributed by atoms with E-state index >= 15 is 0 Å². The molecule has 1 N–H and O–H groups in total. The molecule has 1 aliphatic rings. The van der Waals surface area contributed by atoms with Crippen molar-refractivity contribution in [3.05, 3.63) is 53.1 Å². The van der Waals surface area contributed by atoms with Crippen LogP contribution in [0.25, 0.3) is 0 Å². The summed E-state index contributed by atoms with van der Waals surface area (Å²) >= 11 is 0. The van der Waals surface area contributed by atoms with Gasteiger partial charge < -0.3 is 15.0 Å². The lowest BCUT2D eigenvalue weighted by atomic mass is 9.98. The molecule has 0 fully saturated rings. The topological polar surface area (TPSA) is 75.7 Å². The van der Waals surface area contributed by atoms with Crippen molar-refractivity contribution in [3.8, 4) is 5.75 Å². The van der Waals surface area contributed by atoms with Gasteiger partial charge >= 0.3 is 0 Å². The van der Waals surface area contributed by atoms with Crippen LogP contribution >= 0.6 is 0 Å². The van der Waals surface area contributed by atoms with Crippen LogP contribution in [0.5, 0.6) is 5.75 Å². The number of hydrogen-bond donors (Lipinski definition) is 1. The fraction of sp³-hybridized carbons (Fsp3) is 0.381. The first kappa shape index (κ1) is 20.4. The number of carbonyl (C=O) groups excluding carboxylic acids is 1. The predicted molar refractivity (Wildman–Crippen MR) is 110 cm³/mol. The van der Waals surface area contributed by atoms with E-state index in [-0.39, 0.29) is 22.1 Å². The van der Waals surface area contributed by atoms with E-state index in [1.54, 1.807) is 26.0 Å². The Kier molecular flexibility index (Phi) is 5.76. The number of amides is 1. The van der Waals surface area contributed by atoms with Crippen LogP contribution in [0.15, 0.2) is 41.3 Å². The fourth-order valence-electron chi connectivity index (χ4n) is 3.44. The highest BCUT2D eigenvalue weighted by atomic mass is 32.2. The summed E-state index contributed by atoms with van der Waals surface area (Å²) in [6.45, 7) is 4.97. The Labute approximate surface area is 166 Å². The summed E-state index contributed by atoms with van der Waals surface area (Å²) in [5, 5.41) is 2.34. The Bertz CT molecular complexity index is 999. The summed E-state index contributed by atoms with van der Waals surface area (Å²) < 4.78 is 30.7. The molecule has 7 heteroatoms. The third kappa shape index (κ3) is 3.77. The van der Waals surface area contributed by atoms with Crippen molar-refractivity contribution in [2.75, 3.05) is 26.0 Å². The number of sulfone groups is 1. The first-order chi connectivity index (χ1) is 13.3. The largest absolute Gasteiger partial charge is 0.495 e. The first-order valence-electron chi connectivity index (χ1n) is 9.27. The van der Waals surface area contributed by atoms with Gasteiger partial charge in [-0.25, -0.2) is 8.42 Å². The number of likely N-dealkylation sites (N-methyl/N-ethyl adjacent to an activating group) is 1. The molecule has 1 heterocycles. The second-order valence-electron chi connectivity index (χ2n) is 7.32. The Hall–Kier alpha value is -2.38. The number of benzene rings is 2. The van der Waals surface area contributed by atoms with Crippen molar-refractivity contribution in [1.82, 2.24) is 4.90 Å². The third-order valence-electron chi connectivity index (χ3n) is 5.06. The second kappa shape index (κ2) is 7.93. The lowest BCUT2D eigenvalue weighted by Gasteiger charge is -2.27. The maximum atomic E-state index is 13.0. The zero-order valence-corrected chi connectivity index (χ0v) is 17.5. The van der Waals surface area contributed by atoms with Crippen LogP contribution in [-0.2, 0) is 22.8 Å². The van der Waals surface area contributed by atoms with Gasteiger partial charge in [-0.05, 0) is 56.6 Å². The third-order valence-corrected chi connectivity index (χ3v) is 7.24. The number of carbonyl (C=O) groups is 1. The van der Waals surface area contributed by atoms with Crippen molar-refractivity contribution in [1.29, 1.82) is 0 Å². The molecule has 0 radical (unpaired) electrons. The SMILES string of the molecule is COc1c(C(=O)Nc2cccc3c2CCN(C)C3)cccc1S(=O)(=O)C(C)C. The predicted octanol–water partition coefficient (Wildman–Crippen LogP) is 3.12. The normalized spacial score (nSPS) is 14.6. The molecule has 150 valence electrons. The van der Waals surface area contributed by atoms with E-state index in [4.69, 9.17) is 4.74 Å². The van der Waals surface area contributed by atoms with E-state index in [0.29, 0.717) is 0 Å². The second-order valence-corrected chi connectivity index (χ2v) is 9.79. The summed E-state index contributed by atoms with van der Waals surface area (Å²) in [5.74, 6) is -0.303. The minimum Gasteiger partial charge on any atom is -0.495 e. The molecule has 1 aliphatic heterocycles. The highest BCUT2D eigenvalue weighted by Crippen LogP contribution is 2.32. The molecule has 0 spiro atoms. The van der Waals surface area contributed by atoms with Gasteiger partial charge in [-0.15, -0.1) is 0 Å². The Morgan fingerprint density at radius 1 is 1.18 bits per heavy atom. The molecule has 0 aliphatic carbocycles. The van der Waals surface area contributed by atoms with E-state index in [2.05, 4.69) is 23.3 Å². The minimum absolute atomic E-state index is 0.0364. The fourth-order valence-corrected chi connectivity index (χ4v) is 4.67. The van der Waals surface area contributed by atoms with Gasteiger partial charge in [0.15, 0.2) is 9.84 Å². The number of para-hydroxylation sites is 1. The number of nitrogens with one attached hydrogen (secondary N) is 1. The molecule has 1 amide bonds. The van der Waals surface area contributed by atoms with Gasteiger partial charge in [0.25, 0.3) is 5.91 Å². The molecule has 0 unspecified atom stereocenters. The molecule has 3 rings (SSSR count). The molecular weight excluding hydrogens is 376 g/mol. The van der Waals surface area contributed by atoms with Crippen LogP contribution in [0.3, 0.4) is 0 Å². The molecule has 0 atom stereocenters. The van der Waals surface area contributed by atoms with Gasteiger partial charge in [-0.1, -0.05) is 18.2 Å². The van der Waals surface area contributed by atoms with E-state index in [1.807, 2.05) is 12.1 Å². The van der Waals surface area contributed by atoms with Crippen molar-refractivity contribution in [2.45, 2.75) is 37.0 Å². The highest BCUT2D eigenvalue weighted by Gasteiger charge is 2.27. The van der Waals surface area contributed by atoms with Gasteiger partial charge in [0.2, 0.25) is 0 Å². The lowest BCUT2D eigenvalue weighted by molar-refractivity contribution is 0.102.